The van der Waals surface area contributed by atoms with Gasteiger partial charge in [0.05, 0.1) is 13.2 Å². The molecule has 0 aliphatic carbocycles. The minimum atomic E-state index is -0.240. The fraction of sp³-hybridized carbons (Fsp3) is 0.550. The molecule has 0 radical (unpaired) electrons. The molecule has 28 heavy (non-hydrogen) atoms. The number of amides is 1. The van der Waals surface area contributed by atoms with Crippen LogP contribution in [-0.4, -0.2) is 51.5 Å². The third kappa shape index (κ3) is 4.51. The van der Waals surface area contributed by atoms with E-state index in [1.54, 1.807) is 4.57 Å². The standard InChI is InChI=1S/C20H27N5O3/c26-19(15-25-20(27)24-9-3-1-2-4-18(24)22-25)21-17-7-5-16(6-8-17)14-23-10-12-28-13-11-23/h5-8H,1-4,9-15H2,(H,21,26). The first kappa shape index (κ1) is 18.9. The molecule has 1 amide bonds. The van der Waals surface area contributed by atoms with Crippen molar-refractivity contribution in [2.45, 2.75) is 45.3 Å². The first-order chi connectivity index (χ1) is 13.7. The van der Waals surface area contributed by atoms with Gasteiger partial charge in [0.25, 0.3) is 0 Å². The molecule has 0 unspecified atom stereocenters. The summed E-state index contributed by atoms with van der Waals surface area (Å²) in [6, 6.07) is 7.85. The zero-order valence-electron chi connectivity index (χ0n) is 16.1. The van der Waals surface area contributed by atoms with E-state index in [-0.39, 0.29) is 18.1 Å². The summed E-state index contributed by atoms with van der Waals surface area (Å²) >= 11 is 0. The lowest BCUT2D eigenvalue weighted by molar-refractivity contribution is -0.117. The molecule has 1 saturated heterocycles. The number of anilines is 1. The number of nitrogens with one attached hydrogen (secondary N) is 1. The number of morpholine rings is 1. The SMILES string of the molecule is O=C(Cn1nc2n(c1=O)CCCCC2)Nc1ccc(CN2CCOCC2)cc1. The van der Waals surface area contributed by atoms with Gasteiger partial charge in [0.1, 0.15) is 12.4 Å². The molecule has 0 atom stereocenters. The van der Waals surface area contributed by atoms with Gasteiger partial charge in [0.2, 0.25) is 5.91 Å². The molecule has 2 aromatic rings. The maximum absolute atomic E-state index is 12.5. The van der Waals surface area contributed by atoms with Crippen molar-refractivity contribution in [3.05, 3.63) is 46.1 Å². The average Bonchev–Trinajstić information content (AvgIpc) is 2.86. The maximum atomic E-state index is 12.5. The van der Waals surface area contributed by atoms with Crippen LogP contribution in [0, 0.1) is 0 Å². The van der Waals surface area contributed by atoms with Crippen molar-refractivity contribution >= 4 is 11.6 Å². The Balaban J connectivity index is 1.34. The van der Waals surface area contributed by atoms with Crippen molar-refractivity contribution in [1.29, 1.82) is 0 Å². The van der Waals surface area contributed by atoms with Crippen LogP contribution in [0.1, 0.15) is 30.7 Å². The number of hydrogen-bond acceptors (Lipinski definition) is 5. The third-order valence-corrected chi connectivity index (χ3v) is 5.32. The summed E-state index contributed by atoms with van der Waals surface area (Å²) < 4.78 is 8.36. The second kappa shape index (κ2) is 8.70. The number of fused-ring (bicyclic) bond motifs is 1. The van der Waals surface area contributed by atoms with Gasteiger partial charge in [-0.15, -0.1) is 0 Å². The predicted molar refractivity (Wildman–Crippen MR) is 105 cm³/mol. The normalized spacial score (nSPS) is 17.7. The van der Waals surface area contributed by atoms with Crippen LogP contribution in [0.3, 0.4) is 0 Å². The topological polar surface area (TPSA) is 81.4 Å². The summed E-state index contributed by atoms with van der Waals surface area (Å²) in [7, 11) is 0. The van der Waals surface area contributed by atoms with Crippen LogP contribution in [0.2, 0.25) is 0 Å². The second-order valence-electron chi connectivity index (χ2n) is 7.45. The number of aryl methyl sites for hydroxylation is 1. The lowest BCUT2D eigenvalue weighted by Gasteiger charge is -2.26. The Morgan fingerprint density at radius 1 is 1.07 bits per heavy atom. The van der Waals surface area contributed by atoms with E-state index in [0.717, 1.165) is 70.0 Å². The number of carbonyl (C=O) groups excluding carboxylic acids is 1. The number of rotatable bonds is 5. The molecule has 1 N–H and O–H groups in total. The number of ether oxygens (including phenoxy) is 1. The molecule has 1 aromatic heterocycles. The van der Waals surface area contributed by atoms with Crippen molar-refractivity contribution in [2.24, 2.45) is 0 Å². The molecule has 8 nitrogen and oxygen atoms in total. The average molecular weight is 385 g/mol. The Bertz CT molecular complexity index is 865. The number of aromatic nitrogens is 3. The summed E-state index contributed by atoms with van der Waals surface area (Å²) in [5, 5.41) is 7.22. The maximum Gasteiger partial charge on any atom is 0.346 e. The van der Waals surface area contributed by atoms with E-state index < -0.39 is 0 Å². The molecule has 1 fully saturated rings. The zero-order valence-corrected chi connectivity index (χ0v) is 16.1. The van der Waals surface area contributed by atoms with E-state index in [2.05, 4.69) is 15.3 Å². The van der Waals surface area contributed by atoms with Crippen molar-refractivity contribution in [3.63, 3.8) is 0 Å². The van der Waals surface area contributed by atoms with E-state index in [1.165, 1.54) is 10.2 Å². The molecule has 1 aromatic carbocycles. The highest BCUT2D eigenvalue weighted by atomic mass is 16.5. The molecule has 0 spiro atoms. The highest BCUT2D eigenvalue weighted by molar-refractivity contribution is 5.90. The van der Waals surface area contributed by atoms with Crippen molar-refractivity contribution < 1.29 is 9.53 Å². The zero-order chi connectivity index (χ0) is 19.3. The fourth-order valence-electron chi connectivity index (χ4n) is 3.78. The Morgan fingerprint density at radius 3 is 2.64 bits per heavy atom. The smallest absolute Gasteiger partial charge is 0.346 e. The van der Waals surface area contributed by atoms with E-state index in [1.807, 2.05) is 24.3 Å². The molecule has 0 bridgehead atoms. The van der Waals surface area contributed by atoms with Gasteiger partial charge in [-0.3, -0.25) is 14.3 Å². The van der Waals surface area contributed by atoms with Gasteiger partial charge in [-0.2, -0.15) is 5.10 Å². The first-order valence-electron chi connectivity index (χ1n) is 10.0. The highest BCUT2D eigenvalue weighted by Gasteiger charge is 2.17. The van der Waals surface area contributed by atoms with E-state index in [4.69, 9.17) is 4.74 Å². The molecule has 2 aliphatic heterocycles. The van der Waals surface area contributed by atoms with Gasteiger partial charge < -0.3 is 10.1 Å². The number of carbonyl (C=O) groups is 1. The van der Waals surface area contributed by atoms with Gasteiger partial charge in [-0.05, 0) is 30.5 Å². The van der Waals surface area contributed by atoms with Gasteiger partial charge in [0.15, 0.2) is 0 Å². The molecule has 2 aliphatic rings. The second-order valence-corrected chi connectivity index (χ2v) is 7.45. The summed E-state index contributed by atoms with van der Waals surface area (Å²) in [6.45, 7) is 4.97. The van der Waals surface area contributed by atoms with Gasteiger partial charge in [0, 0.05) is 38.3 Å². The van der Waals surface area contributed by atoms with Crippen molar-refractivity contribution in [3.8, 4) is 0 Å². The van der Waals surface area contributed by atoms with Crippen LogP contribution in [0.25, 0.3) is 0 Å². The lowest BCUT2D eigenvalue weighted by Crippen LogP contribution is -2.35. The Hall–Kier alpha value is -2.45. The van der Waals surface area contributed by atoms with Crippen LogP contribution >= 0.6 is 0 Å². The molecule has 3 heterocycles. The van der Waals surface area contributed by atoms with Gasteiger partial charge in [-0.1, -0.05) is 18.6 Å². The number of hydrogen-bond donors (Lipinski definition) is 1. The van der Waals surface area contributed by atoms with Gasteiger partial charge >= 0.3 is 5.69 Å². The molecule has 150 valence electrons. The summed E-state index contributed by atoms with van der Waals surface area (Å²) in [5.74, 6) is 0.555. The van der Waals surface area contributed by atoms with Crippen molar-refractivity contribution in [2.75, 3.05) is 31.6 Å². The fourth-order valence-corrected chi connectivity index (χ4v) is 3.78. The number of nitrogens with zero attached hydrogens (tertiary/aromatic N) is 4. The molecular weight excluding hydrogens is 358 g/mol. The van der Waals surface area contributed by atoms with Crippen LogP contribution in [0.5, 0.6) is 0 Å². The van der Waals surface area contributed by atoms with Crippen LogP contribution in [0.4, 0.5) is 5.69 Å². The summed E-state index contributed by atoms with van der Waals surface area (Å²) in [5.41, 5.74) is 1.74. The number of benzene rings is 1. The molecular formula is C20H27N5O3. The molecule has 8 heteroatoms. The van der Waals surface area contributed by atoms with Crippen LogP contribution in [-0.2, 0) is 35.6 Å². The Labute approximate surface area is 164 Å². The van der Waals surface area contributed by atoms with Crippen LogP contribution in [0.15, 0.2) is 29.1 Å². The molecule has 4 rings (SSSR count). The lowest BCUT2D eigenvalue weighted by atomic mass is 10.2. The largest absolute Gasteiger partial charge is 0.379 e. The summed E-state index contributed by atoms with van der Waals surface area (Å²) in [6.07, 6.45) is 3.94. The van der Waals surface area contributed by atoms with E-state index in [0.29, 0.717) is 6.54 Å². The van der Waals surface area contributed by atoms with Crippen LogP contribution < -0.4 is 11.0 Å². The van der Waals surface area contributed by atoms with E-state index >= 15 is 0 Å². The Kier molecular flexibility index (Phi) is 5.87. The monoisotopic (exact) mass is 385 g/mol. The van der Waals surface area contributed by atoms with E-state index in [9.17, 15) is 9.59 Å². The quantitative estimate of drug-likeness (QED) is 0.838. The first-order valence-corrected chi connectivity index (χ1v) is 10.0. The molecule has 0 saturated carbocycles. The predicted octanol–water partition coefficient (Wildman–Crippen LogP) is 1.24. The third-order valence-electron chi connectivity index (χ3n) is 5.32. The van der Waals surface area contributed by atoms with Gasteiger partial charge in [-0.25, -0.2) is 9.48 Å². The Morgan fingerprint density at radius 2 is 1.86 bits per heavy atom. The minimum absolute atomic E-state index is 0.0611. The highest BCUT2D eigenvalue weighted by Crippen LogP contribution is 2.13. The minimum Gasteiger partial charge on any atom is -0.379 e. The summed E-state index contributed by atoms with van der Waals surface area (Å²) in [4.78, 5) is 27.2. The van der Waals surface area contributed by atoms with Crippen molar-refractivity contribution in [1.82, 2.24) is 19.2 Å².